The molecule has 212 valence electrons. The molecule has 1 aromatic heterocycles. The van der Waals surface area contributed by atoms with Crippen LogP contribution in [0.25, 0.3) is 10.9 Å². The van der Waals surface area contributed by atoms with Gasteiger partial charge in [-0.25, -0.2) is 0 Å². The minimum atomic E-state index is -0.0366. The van der Waals surface area contributed by atoms with Crippen LogP contribution < -0.4 is 10.1 Å². The van der Waals surface area contributed by atoms with Crippen molar-refractivity contribution in [2.45, 2.75) is 65.5 Å². The van der Waals surface area contributed by atoms with E-state index in [9.17, 15) is 4.79 Å². The molecular formula is C35H45N3O2. The lowest BCUT2D eigenvalue weighted by molar-refractivity contribution is -0.121. The third-order valence-electron chi connectivity index (χ3n) is 7.99. The summed E-state index contributed by atoms with van der Waals surface area (Å²) >= 11 is 0. The molecule has 0 radical (unpaired) electrons. The summed E-state index contributed by atoms with van der Waals surface area (Å²) in [5, 5.41) is 4.50. The molecule has 0 saturated carbocycles. The van der Waals surface area contributed by atoms with Crippen LogP contribution >= 0.6 is 0 Å². The fourth-order valence-corrected chi connectivity index (χ4v) is 5.57. The summed E-state index contributed by atoms with van der Waals surface area (Å²) in [7, 11) is 1.69. The highest BCUT2D eigenvalue weighted by Gasteiger charge is 2.23. The monoisotopic (exact) mass is 539 g/mol. The molecule has 0 saturated heterocycles. The number of methoxy groups -OCH3 is 1. The molecule has 2 atom stereocenters. The van der Waals surface area contributed by atoms with Crippen molar-refractivity contribution in [2.75, 3.05) is 26.7 Å². The molecule has 4 aromatic rings. The van der Waals surface area contributed by atoms with Crippen molar-refractivity contribution in [1.29, 1.82) is 0 Å². The number of nitrogens with zero attached hydrogens (tertiary/aromatic N) is 2. The summed E-state index contributed by atoms with van der Waals surface area (Å²) in [4.78, 5) is 15.9. The van der Waals surface area contributed by atoms with Crippen LogP contribution in [0.4, 0.5) is 0 Å². The van der Waals surface area contributed by atoms with E-state index in [4.69, 9.17) is 4.74 Å². The molecule has 5 nitrogen and oxygen atoms in total. The summed E-state index contributed by atoms with van der Waals surface area (Å²) < 4.78 is 7.65. The van der Waals surface area contributed by atoms with Gasteiger partial charge >= 0.3 is 0 Å². The van der Waals surface area contributed by atoms with Gasteiger partial charge in [0.05, 0.1) is 7.11 Å². The minimum Gasteiger partial charge on any atom is -0.497 e. The number of aryl methyl sites for hydroxylation is 1. The quantitative estimate of drug-likeness (QED) is 0.185. The molecule has 0 aliphatic heterocycles. The smallest absolute Gasteiger partial charge is 0.221 e. The van der Waals surface area contributed by atoms with Crippen LogP contribution in [-0.2, 0) is 11.3 Å². The average molecular weight is 540 g/mol. The van der Waals surface area contributed by atoms with E-state index in [2.05, 4.69) is 109 Å². The number of amides is 1. The van der Waals surface area contributed by atoms with E-state index in [0.29, 0.717) is 6.42 Å². The summed E-state index contributed by atoms with van der Waals surface area (Å²) in [6.07, 6.45) is 4.74. The lowest BCUT2D eigenvalue weighted by atomic mass is 9.87. The standard InChI is InChI=1S/C35H45N3O2/c1-6-37(7-2)22-10-11-27(4)36-35(39)23-32(29-18-14-26(3)15-19-29)33-25-38(34-13-9-8-12-31(33)34)24-28-16-20-30(40-5)21-17-28/h8-9,12-21,25,27,32H,6-7,10-11,22-24H2,1-5H3,(H,36,39). The fourth-order valence-electron chi connectivity index (χ4n) is 5.57. The van der Waals surface area contributed by atoms with Gasteiger partial charge in [-0.15, -0.1) is 0 Å². The largest absolute Gasteiger partial charge is 0.497 e. The first-order valence-corrected chi connectivity index (χ1v) is 14.7. The van der Waals surface area contributed by atoms with E-state index in [1.165, 1.54) is 33.2 Å². The van der Waals surface area contributed by atoms with E-state index in [1.807, 2.05) is 12.1 Å². The number of nitrogens with one attached hydrogen (secondary N) is 1. The van der Waals surface area contributed by atoms with Crippen molar-refractivity contribution in [2.24, 2.45) is 0 Å². The van der Waals surface area contributed by atoms with Crippen molar-refractivity contribution in [3.63, 3.8) is 0 Å². The summed E-state index contributed by atoms with van der Waals surface area (Å²) in [6.45, 7) is 12.6. The lowest BCUT2D eigenvalue weighted by Gasteiger charge is -2.21. The first kappa shape index (κ1) is 29.4. The first-order chi connectivity index (χ1) is 19.4. The number of carbonyl (C=O) groups excluding carboxylic acids is 1. The minimum absolute atomic E-state index is 0.0366. The summed E-state index contributed by atoms with van der Waals surface area (Å²) in [5.74, 6) is 0.924. The zero-order valence-corrected chi connectivity index (χ0v) is 24.8. The highest BCUT2D eigenvalue weighted by molar-refractivity contribution is 5.87. The molecule has 4 rings (SSSR count). The first-order valence-electron chi connectivity index (χ1n) is 14.7. The summed E-state index contributed by atoms with van der Waals surface area (Å²) in [6, 6.07) is 25.6. The number of fused-ring (bicyclic) bond motifs is 1. The van der Waals surface area contributed by atoms with Crippen molar-refractivity contribution in [3.05, 3.63) is 101 Å². The predicted octanol–water partition coefficient (Wildman–Crippen LogP) is 7.16. The average Bonchev–Trinajstić information content (AvgIpc) is 3.33. The molecule has 0 bridgehead atoms. The zero-order valence-electron chi connectivity index (χ0n) is 24.8. The third-order valence-corrected chi connectivity index (χ3v) is 7.99. The highest BCUT2D eigenvalue weighted by atomic mass is 16.5. The third kappa shape index (κ3) is 7.54. The van der Waals surface area contributed by atoms with Gasteiger partial charge < -0.3 is 19.5 Å². The SMILES string of the molecule is CCN(CC)CCCC(C)NC(=O)CC(c1ccc(C)cc1)c1cn(Cc2ccc(OC)cc2)c2ccccc12. The van der Waals surface area contributed by atoms with Crippen molar-refractivity contribution in [1.82, 2.24) is 14.8 Å². The highest BCUT2D eigenvalue weighted by Crippen LogP contribution is 2.35. The van der Waals surface area contributed by atoms with E-state index < -0.39 is 0 Å². The maximum atomic E-state index is 13.4. The van der Waals surface area contributed by atoms with Gasteiger partial charge in [0.1, 0.15) is 5.75 Å². The van der Waals surface area contributed by atoms with E-state index in [1.54, 1.807) is 7.11 Å². The molecule has 1 N–H and O–H groups in total. The van der Waals surface area contributed by atoms with Gasteiger partial charge in [-0.3, -0.25) is 4.79 Å². The Morgan fingerprint density at radius 2 is 1.68 bits per heavy atom. The van der Waals surface area contributed by atoms with Gasteiger partial charge in [0.25, 0.3) is 0 Å². The Balaban J connectivity index is 1.58. The number of para-hydroxylation sites is 1. The molecule has 3 aromatic carbocycles. The predicted molar refractivity (Wildman–Crippen MR) is 166 cm³/mol. The Morgan fingerprint density at radius 3 is 2.35 bits per heavy atom. The van der Waals surface area contributed by atoms with Gasteiger partial charge in [0, 0.05) is 42.0 Å². The fraction of sp³-hybridized carbons (Fsp3) is 0.400. The number of rotatable bonds is 14. The topological polar surface area (TPSA) is 46.5 Å². The molecule has 1 amide bonds. The van der Waals surface area contributed by atoms with Crippen LogP contribution in [-0.4, -0.2) is 48.2 Å². The molecule has 2 unspecified atom stereocenters. The van der Waals surface area contributed by atoms with E-state index >= 15 is 0 Å². The van der Waals surface area contributed by atoms with Gasteiger partial charge in [0.15, 0.2) is 0 Å². The van der Waals surface area contributed by atoms with Crippen molar-refractivity contribution < 1.29 is 9.53 Å². The Morgan fingerprint density at radius 1 is 0.975 bits per heavy atom. The maximum absolute atomic E-state index is 13.4. The Kier molecular flexibility index (Phi) is 10.4. The van der Waals surface area contributed by atoms with Gasteiger partial charge in [0.2, 0.25) is 5.91 Å². The maximum Gasteiger partial charge on any atom is 0.221 e. The Labute approximate surface area is 240 Å². The summed E-state index contributed by atoms with van der Waals surface area (Å²) in [5.41, 5.74) is 5.96. The normalized spacial score (nSPS) is 12.9. The van der Waals surface area contributed by atoms with Crippen LogP contribution in [0.5, 0.6) is 5.75 Å². The molecule has 5 heteroatoms. The molecule has 40 heavy (non-hydrogen) atoms. The second-order valence-electron chi connectivity index (χ2n) is 10.9. The van der Waals surface area contributed by atoms with Crippen LogP contribution in [0.1, 0.15) is 68.2 Å². The molecule has 0 spiro atoms. The lowest BCUT2D eigenvalue weighted by Crippen LogP contribution is -2.34. The number of aromatic nitrogens is 1. The second-order valence-corrected chi connectivity index (χ2v) is 10.9. The van der Waals surface area contributed by atoms with Crippen molar-refractivity contribution >= 4 is 16.8 Å². The van der Waals surface area contributed by atoms with Gasteiger partial charge in [-0.2, -0.15) is 0 Å². The van der Waals surface area contributed by atoms with E-state index in [-0.39, 0.29) is 17.9 Å². The van der Waals surface area contributed by atoms with Gasteiger partial charge in [-0.05, 0) is 81.2 Å². The number of hydrogen-bond acceptors (Lipinski definition) is 3. The number of carbonyl (C=O) groups is 1. The van der Waals surface area contributed by atoms with Gasteiger partial charge in [-0.1, -0.05) is 74.0 Å². The number of benzene rings is 3. The molecule has 0 aliphatic rings. The van der Waals surface area contributed by atoms with Crippen LogP contribution in [0.3, 0.4) is 0 Å². The number of ether oxygens (including phenoxy) is 1. The van der Waals surface area contributed by atoms with Crippen LogP contribution in [0.15, 0.2) is 79.0 Å². The molecule has 0 aliphatic carbocycles. The van der Waals surface area contributed by atoms with Crippen LogP contribution in [0, 0.1) is 6.92 Å². The van der Waals surface area contributed by atoms with Crippen molar-refractivity contribution in [3.8, 4) is 5.75 Å². The molecule has 1 heterocycles. The van der Waals surface area contributed by atoms with Crippen LogP contribution in [0.2, 0.25) is 0 Å². The Bertz CT molecular complexity index is 1350. The molecule has 0 fully saturated rings. The number of hydrogen-bond donors (Lipinski definition) is 1. The second kappa shape index (κ2) is 14.2. The van der Waals surface area contributed by atoms with E-state index in [0.717, 1.165) is 44.8 Å². The zero-order chi connectivity index (χ0) is 28.5. The molecular weight excluding hydrogens is 494 g/mol. The Hall–Kier alpha value is -3.57.